The van der Waals surface area contributed by atoms with Gasteiger partial charge in [0.2, 0.25) is 5.88 Å². The third-order valence-electron chi connectivity index (χ3n) is 1.29. The molecule has 0 amide bonds. The van der Waals surface area contributed by atoms with Crippen molar-refractivity contribution in [1.82, 2.24) is 4.98 Å². The smallest absolute Gasteiger partial charge is 0.356 e. The molecular weight excluding hydrogens is 217 g/mol. The summed E-state index contributed by atoms with van der Waals surface area (Å²) in [6, 6.07) is 1.28. The second-order valence-corrected chi connectivity index (χ2v) is 2.93. The van der Waals surface area contributed by atoms with Gasteiger partial charge in [0.1, 0.15) is 5.02 Å². The van der Waals surface area contributed by atoms with Crippen molar-refractivity contribution >= 4 is 29.2 Å². The van der Waals surface area contributed by atoms with Crippen molar-refractivity contribution < 1.29 is 14.6 Å². The van der Waals surface area contributed by atoms with Crippen LogP contribution in [-0.4, -0.2) is 23.2 Å². The van der Waals surface area contributed by atoms with Crippen LogP contribution in [0.15, 0.2) is 6.07 Å². The minimum atomic E-state index is -1.22. The van der Waals surface area contributed by atoms with E-state index in [4.69, 9.17) is 33.0 Å². The maximum absolute atomic E-state index is 10.6. The molecule has 0 fully saturated rings. The van der Waals surface area contributed by atoms with E-state index in [1.165, 1.54) is 13.2 Å². The lowest BCUT2D eigenvalue weighted by Gasteiger charge is -2.03. The molecule has 70 valence electrons. The first kappa shape index (κ1) is 10.1. The van der Waals surface area contributed by atoms with E-state index in [0.717, 1.165) is 0 Å². The average molecular weight is 222 g/mol. The van der Waals surface area contributed by atoms with Crippen LogP contribution in [0.5, 0.6) is 5.88 Å². The maximum Gasteiger partial charge on any atom is 0.356 e. The molecule has 0 atom stereocenters. The van der Waals surface area contributed by atoms with Gasteiger partial charge in [-0.2, -0.15) is 0 Å². The van der Waals surface area contributed by atoms with Crippen LogP contribution in [0.2, 0.25) is 10.0 Å². The summed E-state index contributed by atoms with van der Waals surface area (Å²) >= 11 is 11.2. The summed E-state index contributed by atoms with van der Waals surface area (Å²) in [4.78, 5) is 14.2. The number of methoxy groups -OCH3 is 1. The molecule has 0 aromatic carbocycles. The second-order valence-electron chi connectivity index (χ2n) is 2.12. The number of aromatic nitrogens is 1. The van der Waals surface area contributed by atoms with Crippen molar-refractivity contribution in [1.29, 1.82) is 0 Å². The van der Waals surface area contributed by atoms with Gasteiger partial charge in [-0.15, -0.1) is 0 Å². The molecular formula is C7H5Cl2NO3. The number of ether oxygens (including phenoxy) is 1. The lowest BCUT2D eigenvalue weighted by molar-refractivity contribution is 0.0689. The van der Waals surface area contributed by atoms with Crippen LogP contribution in [0.25, 0.3) is 0 Å². The van der Waals surface area contributed by atoms with Crippen molar-refractivity contribution in [2.75, 3.05) is 7.11 Å². The molecule has 0 bridgehead atoms. The lowest BCUT2D eigenvalue weighted by atomic mass is 10.3. The van der Waals surface area contributed by atoms with Gasteiger partial charge in [-0.3, -0.25) is 0 Å². The van der Waals surface area contributed by atoms with Gasteiger partial charge < -0.3 is 9.84 Å². The van der Waals surface area contributed by atoms with Gasteiger partial charge >= 0.3 is 5.97 Å². The zero-order valence-electron chi connectivity index (χ0n) is 6.54. The molecule has 1 aromatic heterocycles. The minimum absolute atomic E-state index is 0.0155. The van der Waals surface area contributed by atoms with Crippen LogP contribution in [-0.2, 0) is 0 Å². The van der Waals surface area contributed by atoms with Crippen LogP contribution < -0.4 is 4.74 Å². The SMILES string of the molecule is COc1nc(C(=O)O)c(Cl)cc1Cl. The average Bonchev–Trinajstić information content (AvgIpc) is 2.03. The van der Waals surface area contributed by atoms with Gasteiger partial charge in [0, 0.05) is 0 Å². The monoisotopic (exact) mass is 221 g/mol. The second kappa shape index (κ2) is 3.81. The van der Waals surface area contributed by atoms with Gasteiger partial charge in [0.05, 0.1) is 12.1 Å². The first-order chi connectivity index (χ1) is 6.06. The number of halogens is 2. The number of hydrogen-bond donors (Lipinski definition) is 1. The number of carboxylic acids is 1. The molecule has 4 nitrogen and oxygen atoms in total. The predicted octanol–water partition coefficient (Wildman–Crippen LogP) is 2.10. The molecule has 0 unspecified atom stereocenters. The zero-order chi connectivity index (χ0) is 10.0. The van der Waals surface area contributed by atoms with Crippen molar-refractivity contribution in [2.24, 2.45) is 0 Å². The molecule has 0 radical (unpaired) electrons. The molecule has 0 saturated heterocycles. The number of rotatable bonds is 2. The van der Waals surface area contributed by atoms with Gasteiger partial charge in [-0.1, -0.05) is 23.2 Å². The Kier molecular flexibility index (Phi) is 2.95. The Balaban J connectivity index is 3.30. The quantitative estimate of drug-likeness (QED) is 0.832. The van der Waals surface area contributed by atoms with Crippen molar-refractivity contribution in [3.05, 3.63) is 21.8 Å². The van der Waals surface area contributed by atoms with Crippen molar-refractivity contribution in [3.8, 4) is 5.88 Å². The number of carbonyl (C=O) groups is 1. The summed E-state index contributed by atoms with van der Waals surface area (Å²) in [5.74, 6) is -1.18. The third kappa shape index (κ3) is 2.02. The van der Waals surface area contributed by atoms with Crippen molar-refractivity contribution in [3.63, 3.8) is 0 Å². The summed E-state index contributed by atoms with van der Waals surface area (Å²) in [5.41, 5.74) is -0.275. The van der Waals surface area contributed by atoms with Gasteiger partial charge in [-0.05, 0) is 6.07 Å². The Morgan fingerprint density at radius 1 is 1.54 bits per heavy atom. The number of hydrogen-bond acceptors (Lipinski definition) is 3. The fraction of sp³-hybridized carbons (Fsp3) is 0.143. The van der Waals surface area contributed by atoms with Crippen LogP contribution in [0, 0.1) is 0 Å². The Morgan fingerprint density at radius 3 is 2.62 bits per heavy atom. The number of nitrogens with zero attached hydrogens (tertiary/aromatic N) is 1. The molecule has 1 rings (SSSR count). The fourth-order valence-corrected chi connectivity index (χ4v) is 1.26. The molecule has 0 spiro atoms. The number of carboxylic acid groups (broad SMARTS) is 1. The predicted molar refractivity (Wildman–Crippen MR) is 47.8 cm³/mol. The maximum atomic E-state index is 10.6. The molecule has 1 aromatic rings. The number of aromatic carboxylic acids is 1. The highest BCUT2D eigenvalue weighted by molar-refractivity contribution is 6.36. The normalized spacial score (nSPS) is 9.77. The van der Waals surface area contributed by atoms with E-state index < -0.39 is 5.97 Å². The fourth-order valence-electron chi connectivity index (χ4n) is 0.743. The summed E-state index contributed by atoms with van der Waals surface area (Å²) < 4.78 is 4.73. The van der Waals surface area contributed by atoms with E-state index in [0.29, 0.717) is 0 Å². The van der Waals surface area contributed by atoms with E-state index in [9.17, 15) is 4.79 Å². The highest BCUT2D eigenvalue weighted by Gasteiger charge is 2.14. The summed E-state index contributed by atoms with van der Waals surface area (Å²) in [6.45, 7) is 0. The van der Waals surface area contributed by atoms with E-state index in [1.54, 1.807) is 0 Å². The first-order valence-corrected chi connectivity index (χ1v) is 3.95. The molecule has 1 N–H and O–H groups in total. The van der Waals surface area contributed by atoms with Crippen LogP contribution in [0.3, 0.4) is 0 Å². The highest BCUT2D eigenvalue weighted by Crippen LogP contribution is 2.27. The number of pyridine rings is 1. The largest absolute Gasteiger partial charge is 0.480 e. The van der Waals surface area contributed by atoms with Crippen LogP contribution in [0.1, 0.15) is 10.5 Å². The molecule has 6 heteroatoms. The third-order valence-corrected chi connectivity index (χ3v) is 1.85. The van der Waals surface area contributed by atoms with Gasteiger partial charge in [0.25, 0.3) is 0 Å². The van der Waals surface area contributed by atoms with Crippen molar-refractivity contribution in [2.45, 2.75) is 0 Å². The van der Waals surface area contributed by atoms with Crippen LogP contribution >= 0.6 is 23.2 Å². The van der Waals surface area contributed by atoms with E-state index in [2.05, 4.69) is 4.98 Å². The van der Waals surface area contributed by atoms with Crippen LogP contribution in [0.4, 0.5) is 0 Å². The van der Waals surface area contributed by atoms with Gasteiger partial charge in [0.15, 0.2) is 5.69 Å². The zero-order valence-corrected chi connectivity index (χ0v) is 8.06. The lowest BCUT2D eigenvalue weighted by Crippen LogP contribution is -2.03. The molecule has 0 aliphatic heterocycles. The Labute approximate surface area is 84.1 Å². The Morgan fingerprint density at radius 2 is 2.15 bits per heavy atom. The molecule has 13 heavy (non-hydrogen) atoms. The highest BCUT2D eigenvalue weighted by atomic mass is 35.5. The molecule has 0 aliphatic rings. The van der Waals surface area contributed by atoms with E-state index in [1.807, 2.05) is 0 Å². The topological polar surface area (TPSA) is 59.4 Å². The summed E-state index contributed by atoms with van der Waals surface area (Å²) in [6.07, 6.45) is 0. The summed E-state index contributed by atoms with van der Waals surface area (Å²) in [5, 5.41) is 8.79. The van der Waals surface area contributed by atoms with Gasteiger partial charge in [-0.25, -0.2) is 9.78 Å². The molecule has 0 saturated carbocycles. The molecule has 1 heterocycles. The van der Waals surface area contributed by atoms with E-state index in [-0.39, 0.29) is 21.6 Å². The molecule has 0 aliphatic carbocycles. The minimum Gasteiger partial charge on any atom is -0.480 e. The standard InChI is InChI=1S/C7H5Cl2NO3/c1-13-6-4(9)2-3(8)5(10-6)7(11)12/h2H,1H3,(H,11,12). The van der Waals surface area contributed by atoms with E-state index >= 15 is 0 Å². The first-order valence-electron chi connectivity index (χ1n) is 3.19. The Hall–Kier alpha value is -1.000. The summed E-state index contributed by atoms with van der Waals surface area (Å²) in [7, 11) is 1.34. The Bertz CT molecular complexity index is 354.